The van der Waals surface area contributed by atoms with Gasteiger partial charge in [-0.05, 0) is 116 Å². The molecule has 0 saturated heterocycles. The summed E-state index contributed by atoms with van der Waals surface area (Å²) in [5, 5.41) is 15.1. The van der Waals surface area contributed by atoms with Gasteiger partial charge in [0.25, 0.3) is 5.91 Å². The zero-order valence-electron chi connectivity index (χ0n) is 46.4. The first-order chi connectivity index (χ1) is 37.7. The third-order valence-corrected chi connectivity index (χ3v) is 28.2. The van der Waals surface area contributed by atoms with Crippen LogP contribution in [0.25, 0.3) is 34.0 Å². The molecule has 0 aliphatic heterocycles. The van der Waals surface area contributed by atoms with E-state index in [1.54, 1.807) is 63.5 Å². The number of carbonyl (C=O) groups is 3. The van der Waals surface area contributed by atoms with Gasteiger partial charge in [-0.25, -0.2) is 29.2 Å². The second-order valence-corrected chi connectivity index (χ2v) is 32.2. The molecule has 1 N–H and O–H groups in total. The molecule has 0 spiro atoms. The molecule has 8 heterocycles. The van der Waals surface area contributed by atoms with Gasteiger partial charge < -0.3 is 14.8 Å². The predicted molar refractivity (Wildman–Crippen MR) is 309 cm³/mol. The molecule has 0 aliphatic carbocycles. The summed E-state index contributed by atoms with van der Waals surface area (Å²) in [4.78, 5) is 65.2. The second kappa shape index (κ2) is 31.7. The zero-order valence-corrected chi connectivity index (χ0v) is 50.0. The van der Waals surface area contributed by atoms with Crippen LogP contribution >= 0.6 is 11.6 Å². The number of nitrogens with one attached hydrogen (secondary N) is 1. The Labute approximate surface area is 467 Å². The summed E-state index contributed by atoms with van der Waals surface area (Å²) in [6.45, 7) is 16.6. The molecule has 1 amide bonds. The minimum atomic E-state index is -2.21. The summed E-state index contributed by atoms with van der Waals surface area (Å²) >= 11 is 3.56. The van der Waals surface area contributed by atoms with Gasteiger partial charge in [0.05, 0.1) is 31.6 Å². The van der Waals surface area contributed by atoms with Crippen molar-refractivity contribution in [3.05, 3.63) is 167 Å². The number of amides is 1. The number of hydrogen-bond donors (Lipinski definition) is 1. The van der Waals surface area contributed by atoms with E-state index in [0.717, 1.165) is 39.2 Å². The second-order valence-electron chi connectivity index (χ2n) is 18.7. The Morgan fingerprint density at radius 3 is 1.56 bits per heavy atom. The fraction of sp³-hybridized carbons (Fsp3) is 0.339. The Hall–Kier alpha value is -7.38. The van der Waals surface area contributed by atoms with Crippen LogP contribution in [0.5, 0.6) is 0 Å². The van der Waals surface area contributed by atoms with Crippen LogP contribution in [0.1, 0.15) is 127 Å². The van der Waals surface area contributed by atoms with Crippen molar-refractivity contribution in [2.24, 2.45) is 0 Å². The summed E-state index contributed by atoms with van der Waals surface area (Å²) < 4.78 is 16.9. The minimum absolute atomic E-state index is 0.0804. The minimum Gasteiger partial charge on any atom is -0.464 e. The number of nitrogens with zero attached hydrogens (tertiary/aromatic N) is 11. The van der Waals surface area contributed by atoms with E-state index in [-0.39, 0.29) is 23.3 Å². The predicted octanol–water partition coefficient (Wildman–Crippen LogP) is 12.5. The summed E-state index contributed by atoms with van der Waals surface area (Å²) in [5.41, 5.74) is 7.45. The Balaban J connectivity index is 0.000000203. The Kier molecular flexibility index (Phi) is 25.0. The van der Waals surface area contributed by atoms with Gasteiger partial charge in [0.1, 0.15) is 28.6 Å². The maximum absolute atomic E-state index is 12.8. The number of aryl methyl sites for hydroxylation is 3. The van der Waals surface area contributed by atoms with E-state index in [1.165, 1.54) is 78.3 Å². The number of anilines is 1. The van der Waals surface area contributed by atoms with E-state index >= 15 is 0 Å². The number of pyridine rings is 7. The van der Waals surface area contributed by atoms with Crippen molar-refractivity contribution >= 4 is 57.4 Å². The fourth-order valence-corrected chi connectivity index (χ4v) is 23.8. The average molecular weight is 1180 g/mol. The van der Waals surface area contributed by atoms with Gasteiger partial charge >= 0.3 is 136 Å². The third kappa shape index (κ3) is 17.8. The SMILES string of the molecule is CCC[CH2][Sn]([CH2]CCC)([CH2]CCC)[c]1ccccn1.COC(=O)c1cc(-c2ccccn2)c(C)cn1.COC(=O)c1cc(Cl)c(C)cn1.Cc1cnc(C(=O)Nc2cccc(-c3nnnn3C(C)C)n2)cc1-c1ccccn1. The Morgan fingerprint density at radius 1 is 0.603 bits per heavy atom. The van der Waals surface area contributed by atoms with Crippen LogP contribution in [0.3, 0.4) is 0 Å². The van der Waals surface area contributed by atoms with Crippen molar-refractivity contribution in [1.29, 1.82) is 0 Å². The summed E-state index contributed by atoms with van der Waals surface area (Å²) in [6.07, 6.45) is 18.6. The van der Waals surface area contributed by atoms with Crippen molar-refractivity contribution in [1.82, 2.24) is 55.1 Å². The fourth-order valence-electron chi connectivity index (χ4n) is 8.20. The molecule has 0 aromatic carbocycles. The van der Waals surface area contributed by atoms with Crippen molar-refractivity contribution in [2.75, 3.05) is 19.5 Å². The number of tetrazole rings is 1. The number of ether oxygens (including phenoxy) is 2. The molecule has 0 radical (unpaired) electrons. The number of carbonyl (C=O) groups excluding carboxylic acids is 3. The molecule has 78 heavy (non-hydrogen) atoms. The number of rotatable bonds is 18. The smallest absolute Gasteiger partial charge is 0.356 e. The molecule has 0 atom stereocenters. The van der Waals surface area contributed by atoms with E-state index < -0.39 is 30.3 Å². The van der Waals surface area contributed by atoms with Crippen LogP contribution in [0.4, 0.5) is 5.82 Å². The van der Waals surface area contributed by atoms with E-state index in [0.29, 0.717) is 28.1 Å². The molecule has 8 aromatic rings. The molecule has 17 nitrogen and oxygen atoms in total. The van der Waals surface area contributed by atoms with Crippen molar-refractivity contribution < 1.29 is 23.9 Å². The summed E-state index contributed by atoms with van der Waals surface area (Å²) in [7, 11) is 2.64. The number of unbranched alkanes of at least 4 members (excludes halogenated alkanes) is 3. The molecule has 0 fully saturated rings. The van der Waals surface area contributed by atoms with Crippen molar-refractivity contribution in [2.45, 2.75) is 113 Å². The van der Waals surface area contributed by atoms with Crippen LogP contribution in [-0.2, 0) is 9.47 Å². The van der Waals surface area contributed by atoms with Crippen molar-refractivity contribution in [3.63, 3.8) is 0 Å². The van der Waals surface area contributed by atoms with Gasteiger partial charge in [-0.1, -0.05) is 29.8 Å². The number of methoxy groups -OCH3 is 2. The number of halogens is 1. The number of esters is 2. The standard InChI is InChI=1S/C21H20N8O.C13H12N2O2.C8H8ClNO2.C5H4N.3C4H9.Sn/c1-13(2)29-20(26-27-28-29)17-8-6-9-19(24-17)25-21(30)18-11-15(14(3)12-23-18)16-7-4-5-10-22-16;1-9-8-15-12(13(16)17-2)7-10(9)11-5-3-4-6-14-11;1-5-4-10-7(3-6(5)9)8(11)12-2;1-2-4-6-5-3-1;3*1-3-4-2;/h4-13H,1-3H3,(H,24,25,30);3-8H,1-2H3;3-4H,1-2H3;1-4H;3*1,3-4H2,2H3;. The van der Waals surface area contributed by atoms with Gasteiger partial charge in [0, 0.05) is 47.1 Å². The van der Waals surface area contributed by atoms with Crippen LogP contribution in [0.2, 0.25) is 18.3 Å². The molecule has 0 bridgehead atoms. The van der Waals surface area contributed by atoms with E-state index in [4.69, 9.17) is 16.6 Å². The topological polar surface area (TPSA) is 216 Å². The quantitative estimate of drug-likeness (QED) is 0.0624. The summed E-state index contributed by atoms with van der Waals surface area (Å²) in [5.74, 6) is -0.357. The molecule has 8 rings (SSSR count). The molecule has 0 saturated carbocycles. The number of aromatic nitrogens is 11. The molecule has 19 heteroatoms. The molecule has 0 aliphatic rings. The molecule has 0 unspecified atom stereocenters. The molecule has 408 valence electrons. The van der Waals surface area contributed by atoms with E-state index in [1.807, 2.05) is 77.2 Å². The largest absolute Gasteiger partial charge is 0.464 e. The van der Waals surface area contributed by atoms with Crippen LogP contribution in [0, 0.1) is 20.8 Å². The van der Waals surface area contributed by atoms with Gasteiger partial charge in [-0.2, -0.15) is 0 Å². The Morgan fingerprint density at radius 2 is 1.09 bits per heavy atom. The molecular formula is C59H71ClN12O5Sn. The van der Waals surface area contributed by atoms with Gasteiger partial charge in [-0.15, -0.1) is 5.10 Å². The van der Waals surface area contributed by atoms with Crippen molar-refractivity contribution in [3.8, 4) is 34.0 Å². The Bertz CT molecular complexity index is 3130. The normalized spacial score (nSPS) is 10.7. The first kappa shape index (κ1) is 61.5. The maximum Gasteiger partial charge on any atom is 0.356 e. The van der Waals surface area contributed by atoms with Crippen LogP contribution in [-0.4, -0.2) is 106 Å². The first-order valence-electron chi connectivity index (χ1n) is 26.2. The zero-order chi connectivity index (χ0) is 56.5. The number of hydrogen-bond acceptors (Lipinski definition) is 15. The van der Waals surface area contributed by atoms with E-state index in [9.17, 15) is 14.4 Å². The van der Waals surface area contributed by atoms with E-state index in [2.05, 4.69) is 99.2 Å². The van der Waals surface area contributed by atoms with Gasteiger partial charge in [0.15, 0.2) is 0 Å². The molecule has 8 aromatic heterocycles. The van der Waals surface area contributed by atoms with Gasteiger partial charge in [0.2, 0.25) is 5.82 Å². The monoisotopic (exact) mass is 1180 g/mol. The maximum atomic E-state index is 12.8. The van der Waals surface area contributed by atoms with Crippen LogP contribution < -0.4 is 9.03 Å². The third-order valence-electron chi connectivity index (χ3n) is 12.6. The average Bonchev–Trinajstić information content (AvgIpc) is 3.99. The summed E-state index contributed by atoms with van der Waals surface area (Å²) in [6, 6.07) is 28.2. The molecular weight excluding hydrogens is 1110 g/mol. The first-order valence-corrected chi connectivity index (χ1v) is 34.1. The van der Waals surface area contributed by atoms with Crippen LogP contribution in [0.15, 0.2) is 128 Å². The van der Waals surface area contributed by atoms with Gasteiger partial charge in [-0.3, -0.25) is 19.7 Å².